The van der Waals surface area contributed by atoms with Crippen molar-refractivity contribution < 1.29 is 4.79 Å². The first-order chi connectivity index (χ1) is 9.00. The number of likely N-dealkylation sites (tertiary alicyclic amines) is 1. The van der Waals surface area contributed by atoms with E-state index in [4.69, 9.17) is 0 Å². The molecule has 0 spiro atoms. The molecule has 3 heteroatoms. The van der Waals surface area contributed by atoms with E-state index in [0.29, 0.717) is 24.0 Å². The maximum absolute atomic E-state index is 12.5. The van der Waals surface area contributed by atoms with Gasteiger partial charge in [-0.3, -0.25) is 4.79 Å². The maximum Gasteiger partial charge on any atom is 0.225 e. The van der Waals surface area contributed by atoms with Crippen molar-refractivity contribution in [1.29, 1.82) is 0 Å². The average molecular weight is 266 g/mol. The maximum atomic E-state index is 12.5. The smallest absolute Gasteiger partial charge is 0.225 e. The van der Waals surface area contributed by atoms with Gasteiger partial charge in [0.2, 0.25) is 5.91 Å². The molecule has 1 aliphatic heterocycles. The summed E-state index contributed by atoms with van der Waals surface area (Å²) in [4.78, 5) is 17.3. The van der Waals surface area contributed by atoms with Crippen molar-refractivity contribution in [1.82, 2.24) is 9.80 Å². The van der Waals surface area contributed by atoms with Gasteiger partial charge in [-0.1, -0.05) is 13.8 Å². The summed E-state index contributed by atoms with van der Waals surface area (Å²) in [6, 6.07) is 1.68. The molecule has 0 aromatic carbocycles. The molecule has 0 radical (unpaired) electrons. The number of rotatable bonds is 4. The molecule has 2 rings (SSSR count). The Morgan fingerprint density at radius 2 is 1.53 bits per heavy atom. The van der Waals surface area contributed by atoms with E-state index >= 15 is 0 Å². The SMILES string of the molecule is CC(C)C(=O)N(C1CCC1)C1CCN(C(C)C)CC1. The Morgan fingerprint density at radius 1 is 1.00 bits per heavy atom. The summed E-state index contributed by atoms with van der Waals surface area (Å²) in [5, 5.41) is 0. The van der Waals surface area contributed by atoms with Crippen LogP contribution >= 0.6 is 0 Å². The van der Waals surface area contributed by atoms with Crippen LogP contribution in [0.5, 0.6) is 0 Å². The molecule has 0 atom stereocenters. The lowest BCUT2D eigenvalue weighted by Gasteiger charge is -2.47. The van der Waals surface area contributed by atoms with E-state index in [0.717, 1.165) is 25.9 Å². The van der Waals surface area contributed by atoms with Crippen LogP contribution < -0.4 is 0 Å². The first-order valence-corrected chi connectivity index (χ1v) is 8.07. The van der Waals surface area contributed by atoms with Crippen LogP contribution in [0.15, 0.2) is 0 Å². The summed E-state index contributed by atoms with van der Waals surface area (Å²) in [6.45, 7) is 10.9. The fraction of sp³-hybridized carbons (Fsp3) is 0.938. The van der Waals surface area contributed by atoms with Crippen molar-refractivity contribution in [3.8, 4) is 0 Å². The molecule has 19 heavy (non-hydrogen) atoms. The highest BCUT2D eigenvalue weighted by Gasteiger charge is 2.36. The van der Waals surface area contributed by atoms with Crippen molar-refractivity contribution in [3.63, 3.8) is 0 Å². The predicted molar refractivity (Wildman–Crippen MR) is 79.1 cm³/mol. The molecule has 0 bridgehead atoms. The molecular weight excluding hydrogens is 236 g/mol. The first kappa shape index (κ1) is 14.8. The third kappa shape index (κ3) is 3.31. The third-order valence-corrected chi connectivity index (χ3v) is 4.84. The predicted octanol–water partition coefficient (Wildman–Crippen LogP) is 2.90. The zero-order chi connectivity index (χ0) is 14.0. The number of carbonyl (C=O) groups is 1. The van der Waals surface area contributed by atoms with E-state index in [-0.39, 0.29) is 5.92 Å². The number of piperidine rings is 1. The molecule has 0 aromatic heterocycles. The van der Waals surface area contributed by atoms with Gasteiger partial charge in [-0.2, -0.15) is 0 Å². The van der Waals surface area contributed by atoms with Crippen molar-refractivity contribution in [2.24, 2.45) is 5.92 Å². The van der Waals surface area contributed by atoms with Crippen LogP contribution in [0.2, 0.25) is 0 Å². The normalized spacial score (nSPS) is 22.8. The van der Waals surface area contributed by atoms with Crippen molar-refractivity contribution in [3.05, 3.63) is 0 Å². The molecule has 110 valence electrons. The number of carbonyl (C=O) groups excluding carboxylic acids is 1. The quantitative estimate of drug-likeness (QED) is 0.781. The number of amides is 1. The molecule has 0 aromatic rings. The largest absolute Gasteiger partial charge is 0.336 e. The second kappa shape index (κ2) is 6.25. The molecule has 1 saturated heterocycles. The highest BCUT2D eigenvalue weighted by atomic mass is 16.2. The third-order valence-electron chi connectivity index (χ3n) is 4.84. The van der Waals surface area contributed by atoms with Crippen LogP contribution in [-0.4, -0.2) is 46.9 Å². The molecule has 1 heterocycles. The highest BCUT2D eigenvalue weighted by molar-refractivity contribution is 5.79. The second-order valence-electron chi connectivity index (χ2n) is 6.85. The molecular formula is C16H30N2O. The van der Waals surface area contributed by atoms with Crippen LogP contribution in [0.25, 0.3) is 0 Å². The Balaban J connectivity index is 1.98. The second-order valence-corrected chi connectivity index (χ2v) is 6.85. The minimum absolute atomic E-state index is 0.142. The van der Waals surface area contributed by atoms with E-state index in [2.05, 4.69) is 23.6 Å². The fourth-order valence-electron chi connectivity index (χ4n) is 3.30. The lowest BCUT2D eigenvalue weighted by Crippen LogP contribution is -2.55. The standard InChI is InChI=1S/C16H30N2O/c1-12(2)16(19)18(14-6-5-7-14)15-8-10-17(11-9-15)13(3)4/h12-15H,5-11H2,1-4H3. The van der Waals surface area contributed by atoms with Gasteiger partial charge in [0.1, 0.15) is 0 Å². The summed E-state index contributed by atoms with van der Waals surface area (Å²) in [7, 11) is 0. The minimum Gasteiger partial charge on any atom is -0.336 e. The van der Waals surface area contributed by atoms with Gasteiger partial charge in [-0.05, 0) is 46.0 Å². The summed E-state index contributed by atoms with van der Waals surface area (Å²) >= 11 is 0. The topological polar surface area (TPSA) is 23.6 Å². The molecule has 0 N–H and O–H groups in total. The average Bonchev–Trinajstić information content (AvgIpc) is 2.32. The van der Waals surface area contributed by atoms with Gasteiger partial charge in [-0.25, -0.2) is 0 Å². The monoisotopic (exact) mass is 266 g/mol. The van der Waals surface area contributed by atoms with E-state index in [1.54, 1.807) is 0 Å². The van der Waals surface area contributed by atoms with Gasteiger partial charge >= 0.3 is 0 Å². The van der Waals surface area contributed by atoms with Crippen LogP contribution in [-0.2, 0) is 4.79 Å². The van der Waals surface area contributed by atoms with Crippen molar-refractivity contribution in [2.75, 3.05) is 13.1 Å². The zero-order valence-corrected chi connectivity index (χ0v) is 13.1. The van der Waals surface area contributed by atoms with Gasteiger partial charge in [0.05, 0.1) is 0 Å². The summed E-state index contributed by atoms with van der Waals surface area (Å²) in [5.74, 6) is 0.524. The van der Waals surface area contributed by atoms with Gasteiger partial charge < -0.3 is 9.80 Å². The minimum atomic E-state index is 0.142. The first-order valence-electron chi connectivity index (χ1n) is 8.07. The Morgan fingerprint density at radius 3 is 1.89 bits per heavy atom. The van der Waals surface area contributed by atoms with Crippen LogP contribution in [0.4, 0.5) is 0 Å². The van der Waals surface area contributed by atoms with Crippen molar-refractivity contribution in [2.45, 2.75) is 77.9 Å². The molecule has 3 nitrogen and oxygen atoms in total. The molecule has 2 aliphatic rings. The van der Waals surface area contributed by atoms with Gasteiger partial charge in [0.15, 0.2) is 0 Å². The Kier molecular flexibility index (Phi) is 4.88. The molecule has 2 fully saturated rings. The van der Waals surface area contributed by atoms with E-state index in [1.807, 2.05) is 13.8 Å². The molecule has 1 aliphatic carbocycles. The Hall–Kier alpha value is -0.570. The number of hydrogen-bond donors (Lipinski definition) is 0. The Labute approximate surface area is 118 Å². The zero-order valence-electron chi connectivity index (χ0n) is 13.1. The molecule has 0 unspecified atom stereocenters. The highest BCUT2D eigenvalue weighted by Crippen LogP contribution is 2.31. The summed E-state index contributed by atoms with van der Waals surface area (Å²) in [5.41, 5.74) is 0. The van der Waals surface area contributed by atoms with Crippen LogP contribution in [0, 0.1) is 5.92 Å². The van der Waals surface area contributed by atoms with Crippen molar-refractivity contribution >= 4 is 5.91 Å². The summed E-state index contributed by atoms with van der Waals surface area (Å²) < 4.78 is 0. The van der Waals surface area contributed by atoms with Crippen LogP contribution in [0.3, 0.4) is 0 Å². The number of nitrogens with zero attached hydrogens (tertiary/aromatic N) is 2. The molecule has 1 amide bonds. The van der Waals surface area contributed by atoms with Gasteiger partial charge in [0, 0.05) is 37.1 Å². The lowest BCUT2D eigenvalue weighted by molar-refractivity contribution is -0.143. The van der Waals surface area contributed by atoms with Gasteiger partial charge in [0.25, 0.3) is 0 Å². The molecule has 1 saturated carbocycles. The van der Waals surface area contributed by atoms with Crippen LogP contribution in [0.1, 0.15) is 59.8 Å². The lowest BCUT2D eigenvalue weighted by atomic mass is 9.87. The summed E-state index contributed by atoms with van der Waals surface area (Å²) in [6.07, 6.45) is 6.07. The Bertz CT molecular complexity index is 302. The fourth-order valence-corrected chi connectivity index (χ4v) is 3.30. The van der Waals surface area contributed by atoms with E-state index in [1.165, 1.54) is 19.3 Å². The number of hydrogen-bond acceptors (Lipinski definition) is 2. The van der Waals surface area contributed by atoms with E-state index in [9.17, 15) is 4.79 Å². The van der Waals surface area contributed by atoms with E-state index < -0.39 is 0 Å². The van der Waals surface area contributed by atoms with Gasteiger partial charge in [-0.15, -0.1) is 0 Å².